The van der Waals surface area contributed by atoms with Gasteiger partial charge in [0, 0.05) is 11.4 Å². The number of thiol groups is 1. The molecular weight excluding hydrogens is 210 g/mol. The fourth-order valence-corrected chi connectivity index (χ4v) is 1.69. The van der Waals surface area contributed by atoms with E-state index >= 15 is 0 Å². The van der Waals surface area contributed by atoms with Crippen molar-refractivity contribution in [2.24, 2.45) is 0 Å². The number of benzene rings is 1. The minimum absolute atomic E-state index is 0.226. The van der Waals surface area contributed by atoms with Crippen molar-refractivity contribution >= 4 is 18.3 Å². The summed E-state index contributed by atoms with van der Waals surface area (Å²) in [6.45, 7) is 3.78. The molecule has 1 rings (SSSR count). The van der Waals surface area contributed by atoms with Crippen molar-refractivity contribution < 1.29 is 10.2 Å². The summed E-state index contributed by atoms with van der Waals surface area (Å²) >= 11 is 3.95. The Labute approximate surface area is 95.3 Å². The summed E-state index contributed by atoms with van der Waals surface area (Å²) in [7, 11) is 0. The number of hydrogen-bond donors (Lipinski definition) is 4. The highest BCUT2D eigenvalue weighted by atomic mass is 32.1. The maximum atomic E-state index is 9.85. The van der Waals surface area contributed by atoms with Gasteiger partial charge in [0.25, 0.3) is 0 Å². The highest BCUT2D eigenvalue weighted by Crippen LogP contribution is 2.26. The van der Waals surface area contributed by atoms with E-state index in [1.54, 1.807) is 12.1 Å². The molecule has 0 fully saturated rings. The molecule has 1 aromatic carbocycles. The van der Waals surface area contributed by atoms with Crippen LogP contribution in [0.15, 0.2) is 12.1 Å². The van der Waals surface area contributed by atoms with Crippen LogP contribution in [0.1, 0.15) is 22.8 Å². The number of aliphatic hydroxyl groups excluding tert-OH is 2. The molecule has 84 valence electrons. The van der Waals surface area contributed by atoms with Gasteiger partial charge in [-0.05, 0) is 36.6 Å². The molecule has 4 heteroatoms. The average Bonchev–Trinajstić information content (AvgIpc) is 2.24. The van der Waals surface area contributed by atoms with E-state index in [0.29, 0.717) is 11.3 Å². The third-order valence-corrected chi connectivity index (χ3v) is 3.12. The number of hydrogen-bond acceptors (Lipinski definition) is 4. The number of nitrogens with two attached hydrogens (primary N) is 1. The predicted octanol–water partition coefficient (Wildman–Crippen LogP) is 1.21. The second kappa shape index (κ2) is 4.88. The second-order valence-corrected chi connectivity index (χ2v) is 4.05. The number of aliphatic hydroxyl groups is 2. The summed E-state index contributed by atoms with van der Waals surface area (Å²) in [6, 6.07) is 3.49. The van der Waals surface area contributed by atoms with Crippen LogP contribution in [-0.4, -0.2) is 22.1 Å². The lowest BCUT2D eigenvalue weighted by atomic mass is 9.95. The first-order chi connectivity index (χ1) is 6.99. The third-order valence-electron chi connectivity index (χ3n) is 2.74. The standard InChI is InChI=1S/C11H17NO2S/c1-6-7(2)9(12)4-3-8(6)11(14)10(13)5-15/h3-4,10-11,13-15H,5,12H2,1-2H3. The smallest absolute Gasteiger partial charge is 0.106 e. The minimum Gasteiger partial charge on any atom is -0.399 e. The van der Waals surface area contributed by atoms with E-state index in [-0.39, 0.29) is 5.75 Å². The van der Waals surface area contributed by atoms with Crippen LogP contribution in [-0.2, 0) is 0 Å². The Hall–Kier alpha value is -0.710. The van der Waals surface area contributed by atoms with Gasteiger partial charge in [-0.3, -0.25) is 0 Å². The Morgan fingerprint density at radius 3 is 2.40 bits per heavy atom. The molecular formula is C11H17NO2S. The molecule has 1 aromatic rings. The Morgan fingerprint density at radius 1 is 1.27 bits per heavy atom. The van der Waals surface area contributed by atoms with E-state index in [1.165, 1.54) is 0 Å². The van der Waals surface area contributed by atoms with Crippen LogP contribution in [0.3, 0.4) is 0 Å². The highest BCUT2D eigenvalue weighted by Gasteiger charge is 2.19. The second-order valence-electron chi connectivity index (χ2n) is 3.69. The summed E-state index contributed by atoms with van der Waals surface area (Å²) in [5, 5.41) is 19.4. The number of nitrogen functional groups attached to an aromatic ring is 1. The first kappa shape index (κ1) is 12.4. The quantitative estimate of drug-likeness (QED) is 0.463. The first-order valence-corrected chi connectivity index (χ1v) is 5.44. The van der Waals surface area contributed by atoms with E-state index in [4.69, 9.17) is 5.73 Å². The maximum Gasteiger partial charge on any atom is 0.106 e. The van der Waals surface area contributed by atoms with Crippen molar-refractivity contribution in [3.8, 4) is 0 Å². The molecule has 0 saturated carbocycles. The lowest BCUT2D eigenvalue weighted by Gasteiger charge is -2.20. The Balaban J connectivity index is 3.10. The molecule has 0 heterocycles. The van der Waals surface area contributed by atoms with E-state index in [2.05, 4.69) is 12.6 Å². The monoisotopic (exact) mass is 227 g/mol. The van der Waals surface area contributed by atoms with Crippen molar-refractivity contribution in [3.05, 3.63) is 28.8 Å². The van der Waals surface area contributed by atoms with Gasteiger partial charge in [-0.2, -0.15) is 12.6 Å². The van der Waals surface area contributed by atoms with Crippen LogP contribution in [0.25, 0.3) is 0 Å². The summed E-state index contributed by atoms with van der Waals surface area (Å²) in [5.74, 6) is 0.226. The van der Waals surface area contributed by atoms with Gasteiger partial charge in [0.2, 0.25) is 0 Å². The molecule has 0 radical (unpaired) electrons. The SMILES string of the molecule is Cc1c(N)ccc(C(O)C(O)CS)c1C. The molecule has 0 saturated heterocycles. The highest BCUT2D eigenvalue weighted by molar-refractivity contribution is 7.80. The van der Waals surface area contributed by atoms with Gasteiger partial charge in [-0.1, -0.05) is 6.07 Å². The van der Waals surface area contributed by atoms with E-state index < -0.39 is 12.2 Å². The molecule has 0 spiro atoms. The van der Waals surface area contributed by atoms with Crippen molar-refractivity contribution in [2.45, 2.75) is 26.1 Å². The number of anilines is 1. The Kier molecular flexibility index (Phi) is 4.02. The normalized spacial score (nSPS) is 15.0. The first-order valence-electron chi connectivity index (χ1n) is 4.81. The molecule has 0 aliphatic rings. The summed E-state index contributed by atoms with van der Waals surface area (Å²) in [5.41, 5.74) is 9.01. The van der Waals surface area contributed by atoms with E-state index in [9.17, 15) is 10.2 Å². The fourth-order valence-electron chi connectivity index (χ4n) is 1.49. The molecule has 4 N–H and O–H groups in total. The van der Waals surface area contributed by atoms with Gasteiger partial charge in [0.1, 0.15) is 6.10 Å². The Bertz CT molecular complexity index is 355. The number of rotatable bonds is 3. The molecule has 3 nitrogen and oxygen atoms in total. The lowest BCUT2D eigenvalue weighted by molar-refractivity contribution is 0.0333. The van der Waals surface area contributed by atoms with Gasteiger partial charge < -0.3 is 15.9 Å². The van der Waals surface area contributed by atoms with Gasteiger partial charge in [0.15, 0.2) is 0 Å². The molecule has 0 bridgehead atoms. The summed E-state index contributed by atoms with van der Waals surface area (Å²) in [4.78, 5) is 0. The maximum absolute atomic E-state index is 9.85. The van der Waals surface area contributed by atoms with Crippen molar-refractivity contribution in [1.82, 2.24) is 0 Å². The van der Waals surface area contributed by atoms with Crippen LogP contribution in [0.2, 0.25) is 0 Å². The van der Waals surface area contributed by atoms with Crippen LogP contribution in [0.5, 0.6) is 0 Å². The van der Waals surface area contributed by atoms with Gasteiger partial charge in [0.05, 0.1) is 6.10 Å². The molecule has 0 aliphatic carbocycles. The topological polar surface area (TPSA) is 66.5 Å². The zero-order valence-electron chi connectivity index (χ0n) is 8.94. The summed E-state index contributed by atoms with van der Waals surface area (Å²) < 4.78 is 0. The molecule has 15 heavy (non-hydrogen) atoms. The summed E-state index contributed by atoms with van der Waals surface area (Å²) in [6.07, 6.45) is -1.75. The van der Waals surface area contributed by atoms with Crippen molar-refractivity contribution in [1.29, 1.82) is 0 Å². The van der Waals surface area contributed by atoms with Crippen molar-refractivity contribution in [2.75, 3.05) is 11.5 Å². The van der Waals surface area contributed by atoms with Crippen LogP contribution < -0.4 is 5.73 Å². The van der Waals surface area contributed by atoms with Gasteiger partial charge in [-0.25, -0.2) is 0 Å². The van der Waals surface area contributed by atoms with Gasteiger partial charge >= 0.3 is 0 Å². The zero-order valence-corrected chi connectivity index (χ0v) is 9.83. The zero-order chi connectivity index (χ0) is 11.6. The minimum atomic E-state index is -0.901. The van der Waals surface area contributed by atoms with Crippen LogP contribution >= 0.6 is 12.6 Å². The average molecular weight is 227 g/mol. The molecule has 2 unspecified atom stereocenters. The molecule has 2 atom stereocenters. The molecule has 0 amide bonds. The fraction of sp³-hybridized carbons (Fsp3) is 0.455. The lowest BCUT2D eigenvalue weighted by Crippen LogP contribution is -2.21. The van der Waals surface area contributed by atoms with Gasteiger partial charge in [-0.15, -0.1) is 0 Å². The van der Waals surface area contributed by atoms with E-state index in [1.807, 2.05) is 13.8 Å². The molecule has 0 aliphatic heterocycles. The van der Waals surface area contributed by atoms with Crippen LogP contribution in [0, 0.1) is 13.8 Å². The largest absolute Gasteiger partial charge is 0.399 e. The third kappa shape index (κ3) is 2.45. The van der Waals surface area contributed by atoms with E-state index in [0.717, 1.165) is 11.1 Å². The van der Waals surface area contributed by atoms with Crippen LogP contribution in [0.4, 0.5) is 5.69 Å². The van der Waals surface area contributed by atoms with Crippen molar-refractivity contribution in [3.63, 3.8) is 0 Å². The predicted molar refractivity (Wildman–Crippen MR) is 65.1 cm³/mol. The Morgan fingerprint density at radius 2 is 1.87 bits per heavy atom. The molecule has 0 aromatic heterocycles.